The Morgan fingerprint density at radius 3 is 2.69 bits per heavy atom. The molecule has 190 valence electrons. The van der Waals surface area contributed by atoms with Gasteiger partial charge in [-0.3, -0.25) is 15.0 Å². The van der Waals surface area contributed by atoms with Crippen molar-refractivity contribution in [1.82, 2.24) is 10.3 Å². The number of hydrazone groups is 1. The van der Waals surface area contributed by atoms with Gasteiger partial charge in [0.25, 0.3) is 5.91 Å². The number of amides is 1. The van der Waals surface area contributed by atoms with Crippen molar-refractivity contribution in [1.29, 1.82) is 0 Å². The van der Waals surface area contributed by atoms with Gasteiger partial charge in [-0.25, -0.2) is 4.98 Å². The summed E-state index contributed by atoms with van der Waals surface area (Å²) in [7, 11) is 0. The van der Waals surface area contributed by atoms with Gasteiger partial charge in [0.05, 0.1) is 31.5 Å². The highest BCUT2D eigenvalue weighted by Gasteiger charge is 2.17. The number of carbonyl (C=O) groups is 2. The molecule has 3 rings (SSSR count). The molecule has 1 fully saturated rings. The number of carbonyl (C=O) groups excluding carboxylic acids is 2. The van der Waals surface area contributed by atoms with Gasteiger partial charge in [0.2, 0.25) is 5.13 Å². The molecule has 0 bridgehead atoms. The van der Waals surface area contributed by atoms with E-state index in [1.54, 1.807) is 30.7 Å². The number of hydrogen-bond acceptors (Lipinski definition) is 9. The Morgan fingerprint density at radius 2 is 1.94 bits per heavy atom. The minimum Gasteiger partial charge on any atom is -0.490 e. The Labute approximate surface area is 217 Å². The highest BCUT2D eigenvalue weighted by atomic mass is 79.9. The average molecular weight is 568 g/mol. The van der Waals surface area contributed by atoms with Gasteiger partial charge in [0, 0.05) is 21.5 Å². The second-order valence-electron chi connectivity index (χ2n) is 7.94. The Morgan fingerprint density at radius 1 is 1.17 bits per heavy atom. The molecule has 2 N–H and O–H groups in total. The molecule has 0 saturated heterocycles. The first-order valence-electron chi connectivity index (χ1n) is 11.8. The molecular formula is C24H31BrN4O5S. The van der Waals surface area contributed by atoms with Crippen LogP contribution in [0.15, 0.2) is 27.1 Å². The third kappa shape index (κ3) is 8.81. The van der Waals surface area contributed by atoms with Crippen LogP contribution in [-0.2, 0) is 20.7 Å². The maximum Gasteiger partial charge on any atom is 0.311 e. The van der Waals surface area contributed by atoms with Crippen LogP contribution in [0.1, 0.15) is 57.2 Å². The Balaban J connectivity index is 1.58. The molecule has 1 aliphatic carbocycles. The molecule has 1 aromatic heterocycles. The van der Waals surface area contributed by atoms with Crippen molar-refractivity contribution < 1.29 is 23.8 Å². The summed E-state index contributed by atoms with van der Waals surface area (Å²) in [6.07, 6.45) is 7.34. The second-order valence-corrected chi connectivity index (χ2v) is 9.65. The van der Waals surface area contributed by atoms with Crippen molar-refractivity contribution in [2.75, 3.05) is 25.2 Å². The largest absolute Gasteiger partial charge is 0.490 e. The summed E-state index contributed by atoms with van der Waals surface area (Å²) in [4.78, 5) is 28.2. The molecule has 0 aliphatic heterocycles. The molecule has 0 atom stereocenters. The first-order chi connectivity index (χ1) is 17.0. The van der Waals surface area contributed by atoms with E-state index in [2.05, 4.69) is 36.8 Å². The number of thiazole rings is 1. The molecule has 1 aromatic carbocycles. The number of ether oxygens (including phenoxy) is 3. The summed E-state index contributed by atoms with van der Waals surface area (Å²) in [5, 5.41) is 9.64. The Bertz CT molecular complexity index is 1020. The summed E-state index contributed by atoms with van der Waals surface area (Å²) >= 11 is 4.88. The van der Waals surface area contributed by atoms with Crippen LogP contribution >= 0.6 is 27.3 Å². The van der Waals surface area contributed by atoms with Crippen LogP contribution in [-0.4, -0.2) is 48.9 Å². The lowest BCUT2D eigenvalue weighted by Gasteiger charge is -2.22. The quantitative estimate of drug-likeness (QED) is 0.218. The predicted molar refractivity (Wildman–Crippen MR) is 139 cm³/mol. The third-order valence-corrected chi connectivity index (χ3v) is 6.72. The fraction of sp³-hybridized carbons (Fsp3) is 0.500. The van der Waals surface area contributed by atoms with E-state index in [1.807, 2.05) is 6.92 Å². The number of halogens is 1. The highest BCUT2D eigenvalue weighted by molar-refractivity contribution is 9.10. The lowest BCUT2D eigenvalue weighted by molar-refractivity contribution is -0.142. The fourth-order valence-electron chi connectivity index (χ4n) is 3.65. The molecule has 35 heavy (non-hydrogen) atoms. The zero-order valence-electron chi connectivity index (χ0n) is 20.0. The van der Waals surface area contributed by atoms with Crippen LogP contribution in [0.4, 0.5) is 5.13 Å². The summed E-state index contributed by atoms with van der Waals surface area (Å²) in [5.41, 5.74) is 4.25. The van der Waals surface area contributed by atoms with E-state index in [0.29, 0.717) is 35.5 Å². The van der Waals surface area contributed by atoms with Gasteiger partial charge >= 0.3 is 5.97 Å². The smallest absolute Gasteiger partial charge is 0.311 e. The van der Waals surface area contributed by atoms with E-state index in [-0.39, 0.29) is 30.9 Å². The van der Waals surface area contributed by atoms with Crippen LogP contribution in [0.5, 0.6) is 11.5 Å². The fourth-order valence-corrected chi connectivity index (χ4v) is 4.73. The van der Waals surface area contributed by atoms with E-state index in [9.17, 15) is 9.59 Å². The number of nitrogens with one attached hydrogen (secondary N) is 2. The number of nitrogens with zero attached hydrogens (tertiary/aromatic N) is 2. The van der Waals surface area contributed by atoms with Gasteiger partial charge in [0.15, 0.2) is 18.1 Å². The number of anilines is 1. The van der Waals surface area contributed by atoms with Crippen molar-refractivity contribution in [3.05, 3.63) is 33.2 Å². The van der Waals surface area contributed by atoms with E-state index < -0.39 is 0 Å². The number of benzene rings is 1. The molecule has 2 aromatic rings. The van der Waals surface area contributed by atoms with E-state index in [4.69, 9.17) is 14.2 Å². The number of hydrogen-bond donors (Lipinski definition) is 2. The van der Waals surface area contributed by atoms with Gasteiger partial charge in [-0.05, 0) is 54.8 Å². The van der Waals surface area contributed by atoms with Gasteiger partial charge in [0.1, 0.15) is 0 Å². The van der Waals surface area contributed by atoms with Crippen molar-refractivity contribution in [3.63, 3.8) is 0 Å². The summed E-state index contributed by atoms with van der Waals surface area (Å²) in [6, 6.07) is 3.80. The zero-order valence-corrected chi connectivity index (χ0v) is 22.4. The summed E-state index contributed by atoms with van der Waals surface area (Å²) in [5.74, 6) is 0.560. The van der Waals surface area contributed by atoms with Crippen LogP contribution in [0.2, 0.25) is 0 Å². The molecule has 11 heteroatoms. The molecule has 1 aliphatic rings. The van der Waals surface area contributed by atoms with Gasteiger partial charge in [-0.2, -0.15) is 5.10 Å². The van der Waals surface area contributed by atoms with Gasteiger partial charge in [-0.15, -0.1) is 11.3 Å². The maximum atomic E-state index is 12.3. The molecule has 0 unspecified atom stereocenters. The molecule has 9 nitrogen and oxygen atoms in total. The van der Waals surface area contributed by atoms with E-state index in [1.165, 1.54) is 17.8 Å². The molecule has 0 radical (unpaired) electrons. The number of aromatic nitrogens is 1. The topological polar surface area (TPSA) is 111 Å². The monoisotopic (exact) mass is 566 g/mol. The molecule has 1 heterocycles. The van der Waals surface area contributed by atoms with Gasteiger partial charge in [-0.1, -0.05) is 19.3 Å². The van der Waals surface area contributed by atoms with E-state index >= 15 is 0 Å². The minimum absolute atomic E-state index is 0.0732. The van der Waals surface area contributed by atoms with Crippen LogP contribution in [0.25, 0.3) is 0 Å². The standard InChI is InChI=1S/C24H31BrN4O5S/c1-3-32-20-10-16(13-26-29-24-28-18(15-35-24)11-23(31)33-4-2)19(25)12-21(20)34-14-22(30)27-17-8-6-5-7-9-17/h10,12-13,15,17H,3-9,11,14H2,1-2H3,(H,27,30)(H,28,29). The van der Waals surface area contributed by atoms with Crippen molar-refractivity contribution in [2.45, 2.75) is 58.4 Å². The Kier molecular flexibility index (Phi) is 10.8. The van der Waals surface area contributed by atoms with Crippen molar-refractivity contribution in [3.8, 4) is 11.5 Å². The van der Waals surface area contributed by atoms with Crippen LogP contribution in [0, 0.1) is 0 Å². The van der Waals surface area contributed by atoms with Gasteiger partial charge < -0.3 is 19.5 Å². The zero-order chi connectivity index (χ0) is 25.0. The Hall–Kier alpha value is -2.66. The molecule has 1 saturated carbocycles. The first kappa shape index (κ1) is 26.9. The molecular weight excluding hydrogens is 536 g/mol. The average Bonchev–Trinajstić information content (AvgIpc) is 3.27. The van der Waals surface area contributed by atoms with Crippen LogP contribution in [0.3, 0.4) is 0 Å². The predicted octanol–water partition coefficient (Wildman–Crippen LogP) is 4.68. The SMILES string of the molecule is CCOC(=O)Cc1csc(NN=Cc2cc(OCC)c(OCC(=O)NC3CCCCC3)cc2Br)n1. The normalized spacial score (nSPS) is 14.0. The second kappa shape index (κ2) is 14.0. The van der Waals surface area contributed by atoms with Crippen LogP contribution < -0.4 is 20.2 Å². The van der Waals surface area contributed by atoms with Crippen molar-refractivity contribution >= 4 is 50.5 Å². The number of rotatable bonds is 12. The number of esters is 1. The molecule has 0 spiro atoms. The lowest BCUT2D eigenvalue weighted by Crippen LogP contribution is -2.39. The minimum atomic E-state index is -0.311. The lowest BCUT2D eigenvalue weighted by atomic mass is 9.95. The maximum absolute atomic E-state index is 12.3. The third-order valence-electron chi connectivity index (χ3n) is 5.24. The molecule has 1 amide bonds. The van der Waals surface area contributed by atoms with Crippen molar-refractivity contribution in [2.24, 2.45) is 5.10 Å². The highest BCUT2D eigenvalue weighted by Crippen LogP contribution is 2.33. The van der Waals surface area contributed by atoms with E-state index in [0.717, 1.165) is 35.7 Å². The summed E-state index contributed by atoms with van der Waals surface area (Å²) < 4.78 is 17.2. The first-order valence-corrected chi connectivity index (χ1v) is 13.4. The summed E-state index contributed by atoms with van der Waals surface area (Å²) in [6.45, 7) is 4.37.